The Hall–Kier alpha value is -1.79. The van der Waals surface area contributed by atoms with Crippen molar-refractivity contribution < 1.29 is 14.3 Å². The van der Waals surface area contributed by atoms with Gasteiger partial charge in [0.2, 0.25) is 11.8 Å². The summed E-state index contributed by atoms with van der Waals surface area (Å²) in [5.41, 5.74) is 6.85. The summed E-state index contributed by atoms with van der Waals surface area (Å²) < 4.78 is 5.35. The van der Waals surface area contributed by atoms with E-state index in [4.69, 9.17) is 10.5 Å². The fourth-order valence-corrected chi connectivity index (χ4v) is 2.25. The van der Waals surface area contributed by atoms with E-state index in [-0.39, 0.29) is 30.1 Å². The molecule has 3 N–H and O–H groups in total. The maximum absolute atomic E-state index is 11.8. The molecule has 1 aromatic carbocycles. The van der Waals surface area contributed by atoms with Crippen LogP contribution in [-0.2, 0) is 9.59 Å². The van der Waals surface area contributed by atoms with E-state index >= 15 is 0 Å². The Kier molecular flexibility index (Phi) is 6.64. The molecule has 122 valence electrons. The molecule has 2 rings (SSSR count). The van der Waals surface area contributed by atoms with E-state index in [1.807, 2.05) is 0 Å². The van der Waals surface area contributed by atoms with Gasteiger partial charge in [0, 0.05) is 37.2 Å². The van der Waals surface area contributed by atoms with Crippen LogP contribution in [0.2, 0.25) is 0 Å². The number of amides is 2. The predicted molar refractivity (Wildman–Crippen MR) is 88.7 cm³/mol. The minimum Gasteiger partial charge on any atom is -0.494 e. The van der Waals surface area contributed by atoms with Crippen LogP contribution < -0.4 is 20.7 Å². The van der Waals surface area contributed by atoms with Gasteiger partial charge < -0.3 is 20.7 Å². The molecule has 2 amide bonds. The molecule has 1 unspecified atom stereocenters. The van der Waals surface area contributed by atoms with Crippen LogP contribution in [0, 0.1) is 5.92 Å². The lowest BCUT2D eigenvalue weighted by atomic mass is 10.1. The van der Waals surface area contributed by atoms with Crippen molar-refractivity contribution in [1.29, 1.82) is 0 Å². The Balaban J connectivity index is 0.00000242. The summed E-state index contributed by atoms with van der Waals surface area (Å²) in [6, 6.07) is 5.29. The molecule has 6 nitrogen and oxygen atoms in total. The number of carbonyl (C=O) groups is 2. The van der Waals surface area contributed by atoms with Gasteiger partial charge in [0.1, 0.15) is 5.75 Å². The Morgan fingerprint density at radius 2 is 2.23 bits per heavy atom. The summed E-state index contributed by atoms with van der Waals surface area (Å²) in [7, 11) is 1.55. The van der Waals surface area contributed by atoms with Crippen LogP contribution in [0.25, 0.3) is 0 Å². The standard InChI is InChI=1S/C15H21N3O3.ClH/c1-10(9-16)15(20)17-11-5-6-12(13(8-11)21-2)18-7-3-4-14(18)19;/h5-6,8,10H,3-4,7,9,16H2,1-2H3,(H,17,20);1H. The van der Waals surface area contributed by atoms with Crippen molar-refractivity contribution in [3.8, 4) is 5.75 Å². The zero-order valence-electron chi connectivity index (χ0n) is 12.8. The fourth-order valence-electron chi connectivity index (χ4n) is 2.25. The van der Waals surface area contributed by atoms with Crippen LogP contribution in [0.15, 0.2) is 18.2 Å². The van der Waals surface area contributed by atoms with Gasteiger partial charge in [-0.15, -0.1) is 12.4 Å². The third-order valence-corrected chi connectivity index (χ3v) is 3.61. The molecule has 0 radical (unpaired) electrons. The maximum Gasteiger partial charge on any atom is 0.228 e. The van der Waals surface area contributed by atoms with Gasteiger partial charge in [0.25, 0.3) is 0 Å². The molecular formula is C15H22ClN3O3. The van der Waals surface area contributed by atoms with Gasteiger partial charge in [-0.3, -0.25) is 9.59 Å². The monoisotopic (exact) mass is 327 g/mol. The first-order chi connectivity index (χ1) is 10.1. The van der Waals surface area contributed by atoms with Crippen molar-refractivity contribution in [3.05, 3.63) is 18.2 Å². The summed E-state index contributed by atoms with van der Waals surface area (Å²) in [5, 5.41) is 2.79. The smallest absolute Gasteiger partial charge is 0.228 e. The molecule has 1 aliphatic heterocycles. The normalized spacial score (nSPS) is 15.2. The number of nitrogens with one attached hydrogen (secondary N) is 1. The van der Waals surface area contributed by atoms with Gasteiger partial charge >= 0.3 is 0 Å². The van der Waals surface area contributed by atoms with Crippen molar-refractivity contribution in [2.45, 2.75) is 19.8 Å². The average Bonchev–Trinajstić information content (AvgIpc) is 2.92. The molecule has 1 aliphatic rings. The first-order valence-electron chi connectivity index (χ1n) is 7.06. The van der Waals surface area contributed by atoms with Gasteiger partial charge in [-0.25, -0.2) is 0 Å². The third-order valence-electron chi connectivity index (χ3n) is 3.61. The Bertz CT molecular complexity index is 551. The summed E-state index contributed by atoms with van der Waals surface area (Å²) in [6.45, 7) is 2.76. The van der Waals surface area contributed by atoms with E-state index in [0.717, 1.165) is 12.1 Å². The molecule has 1 atom stereocenters. The van der Waals surface area contributed by atoms with E-state index in [0.29, 0.717) is 30.9 Å². The highest BCUT2D eigenvalue weighted by Crippen LogP contribution is 2.33. The van der Waals surface area contributed by atoms with E-state index in [1.165, 1.54) is 0 Å². The number of anilines is 2. The SMILES string of the molecule is COc1cc(NC(=O)C(C)CN)ccc1N1CCCC1=O.Cl. The summed E-state index contributed by atoms with van der Waals surface area (Å²) >= 11 is 0. The Labute approximate surface area is 136 Å². The number of halogens is 1. The van der Waals surface area contributed by atoms with Crippen molar-refractivity contribution >= 4 is 35.6 Å². The minimum atomic E-state index is -0.254. The molecule has 7 heteroatoms. The quantitative estimate of drug-likeness (QED) is 0.863. The molecule has 0 spiro atoms. The van der Waals surface area contributed by atoms with Gasteiger partial charge in [0.05, 0.1) is 12.8 Å². The third kappa shape index (κ3) is 3.90. The lowest BCUT2D eigenvalue weighted by Crippen LogP contribution is -2.27. The highest BCUT2D eigenvalue weighted by Gasteiger charge is 2.24. The van der Waals surface area contributed by atoms with Gasteiger partial charge in [0.15, 0.2) is 0 Å². The highest BCUT2D eigenvalue weighted by molar-refractivity contribution is 5.98. The maximum atomic E-state index is 11.8. The number of benzene rings is 1. The molecule has 22 heavy (non-hydrogen) atoms. The average molecular weight is 328 g/mol. The second-order valence-electron chi connectivity index (χ2n) is 5.16. The lowest BCUT2D eigenvalue weighted by Gasteiger charge is -2.20. The summed E-state index contributed by atoms with van der Waals surface area (Å²) in [4.78, 5) is 25.4. The number of carbonyl (C=O) groups excluding carboxylic acids is 2. The predicted octanol–water partition coefficient (Wildman–Crippen LogP) is 1.78. The zero-order valence-corrected chi connectivity index (χ0v) is 13.6. The van der Waals surface area contributed by atoms with Crippen LogP contribution in [0.5, 0.6) is 5.75 Å². The summed E-state index contributed by atoms with van der Waals surface area (Å²) in [6.07, 6.45) is 1.42. The molecule has 1 heterocycles. The number of ether oxygens (including phenoxy) is 1. The number of hydrogen-bond donors (Lipinski definition) is 2. The lowest BCUT2D eigenvalue weighted by molar-refractivity contribution is -0.119. The fraction of sp³-hybridized carbons (Fsp3) is 0.467. The van der Waals surface area contributed by atoms with Gasteiger partial charge in [-0.1, -0.05) is 6.92 Å². The van der Waals surface area contributed by atoms with Crippen LogP contribution in [-0.4, -0.2) is 32.0 Å². The second-order valence-corrected chi connectivity index (χ2v) is 5.16. The largest absolute Gasteiger partial charge is 0.494 e. The molecule has 1 fully saturated rings. The van der Waals surface area contributed by atoms with Crippen LogP contribution in [0.1, 0.15) is 19.8 Å². The molecule has 0 aromatic heterocycles. The van der Waals surface area contributed by atoms with E-state index in [2.05, 4.69) is 5.32 Å². The molecule has 0 saturated carbocycles. The van der Waals surface area contributed by atoms with Crippen molar-refractivity contribution in [3.63, 3.8) is 0 Å². The van der Waals surface area contributed by atoms with Gasteiger partial charge in [-0.05, 0) is 18.6 Å². The topological polar surface area (TPSA) is 84.7 Å². The number of nitrogens with two attached hydrogens (primary N) is 1. The second kappa shape index (κ2) is 8.00. The molecular weight excluding hydrogens is 306 g/mol. The minimum absolute atomic E-state index is 0. The summed E-state index contributed by atoms with van der Waals surface area (Å²) in [5.74, 6) is 0.283. The van der Waals surface area contributed by atoms with Crippen molar-refractivity contribution in [2.75, 3.05) is 30.4 Å². The van der Waals surface area contributed by atoms with Crippen LogP contribution in [0.4, 0.5) is 11.4 Å². The van der Waals surface area contributed by atoms with Crippen LogP contribution >= 0.6 is 12.4 Å². The number of hydrogen-bond acceptors (Lipinski definition) is 4. The van der Waals surface area contributed by atoms with Crippen molar-refractivity contribution in [1.82, 2.24) is 0 Å². The van der Waals surface area contributed by atoms with E-state index in [9.17, 15) is 9.59 Å². The van der Waals surface area contributed by atoms with Crippen LogP contribution in [0.3, 0.4) is 0 Å². The number of nitrogens with zero attached hydrogens (tertiary/aromatic N) is 1. The zero-order chi connectivity index (χ0) is 15.4. The Morgan fingerprint density at radius 1 is 1.50 bits per heavy atom. The molecule has 1 saturated heterocycles. The Morgan fingerprint density at radius 3 is 2.77 bits per heavy atom. The highest BCUT2D eigenvalue weighted by atomic mass is 35.5. The molecule has 0 aliphatic carbocycles. The first-order valence-corrected chi connectivity index (χ1v) is 7.06. The number of methoxy groups -OCH3 is 1. The molecule has 1 aromatic rings. The van der Waals surface area contributed by atoms with Crippen molar-refractivity contribution in [2.24, 2.45) is 11.7 Å². The van der Waals surface area contributed by atoms with E-state index in [1.54, 1.807) is 37.1 Å². The van der Waals surface area contributed by atoms with Gasteiger partial charge in [-0.2, -0.15) is 0 Å². The number of rotatable bonds is 5. The van der Waals surface area contributed by atoms with E-state index < -0.39 is 0 Å². The molecule has 0 bridgehead atoms. The first kappa shape index (κ1) is 18.3.